The van der Waals surface area contributed by atoms with Crippen molar-refractivity contribution in [3.63, 3.8) is 0 Å². The van der Waals surface area contributed by atoms with E-state index in [1.165, 1.54) is 0 Å². The maximum atomic E-state index is 4.60. The lowest BCUT2D eigenvalue weighted by molar-refractivity contribution is 0.904. The first-order valence-electron chi connectivity index (χ1n) is 13.8. The van der Waals surface area contributed by atoms with Gasteiger partial charge < -0.3 is 0 Å². The Labute approximate surface area is 213 Å². The summed E-state index contributed by atoms with van der Waals surface area (Å²) in [4.78, 5) is 17.6. The van der Waals surface area contributed by atoms with Gasteiger partial charge in [0.2, 0.25) is 0 Å². The van der Waals surface area contributed by atoms with E-state index < -0.39 is 0 Å². The van der Waals surface area contributed by atoms with Gasteiger partial charge in [0.25, 0.3) is 0 Å². The zero-order valence-corrected chi connectivity index (χ0v) is 25.1. The topological polar surface area (TPSA) is 51.6 Å². The minimum atomic E-state index is 0.959. The summed E-state index contributed by atoms with van der Waals surface area (Å²) in [6.45, 7) is 28.4. The van der Waals surface area contributed by atoms with Gasteiger partial charge in [0, 0.05) is 12.4 Å². The van der Waals surface area contributed by atoms with Crippen molar-refractivity contribution < 1.29 is 0 Å². The van der Waals surface area contributed by atoms with Crippen molar-refractivity contribution in [2.75, 3.05) is 0 Å². The number of nitrogens with zero attached hydrogens (tertiary/aromatic N) is 4. The molecule has 0 amide bonds. The van der Waals surface area contributed by atoms with Gasteiger partial charge in [0.05, 0.1) is 33.8 Å². The third-order valence-electron chi connectivity index (χ3n) is 3.93. The Morgan fingerprint density at radius 2 is 0.706 bits per heavy atom. The van der Waals surface area contributed by atoms with Crippen molar-refractivity contribution in [3.8, 4) is 0 Å². The van der Waals surface area contributed by atoms with Gasteiger partial charge in [0.1, 0.15) is 0 Å². The summed E-state index contributed by atoms with van der Waals surface area (Å²) < 4.78 is 0. The molecule has 4 nitrogen and oxygen atoms in total. The van der Waals surface area contributed by atoms with Crippen molar-refractivity contribution in [2.45, 2.75) is 123 Å². The van der Waals surface area contributed by atoms with Crippen LogP contribution in [0.4, 0.5) is 0 Å². The van der Waals surface area contributed by atoms with Crippen molar-refractivity contribution in [1.82, 2.24) is 19.9 Å². The van der Waals surface area contributed by atoms with E-state index in [4.69, 9.17) is 0 Å². The van der Waals surface area contributed by atoms with E-state index >= 15 is 0 Å². The monoisotopic (exact) mass is 472 g/mol. The van der Waals surface area contributed by atoms with E-state index in [1.807, 2.05) is 93.5 Å². The van der Waals surface area contributed by atoms with Crippen LogP contribution in [0, 0.1) is 0 Å². The fourth-order valence-electron chi connectivity index (χ4n) is 2.63. The largest absolute Gasteiger partial charge is 0.258 e. The number of aromatic nitrogens is 4. The fraction of sp³-hybridized carbons (Fsp3) is 0.600. The second-order valence-corrected chi connectivity index (χ2v) is 5.47. The summed E-state index contributed by atoms with van der Waals surface area (Å²) in [6.07, 6.45) is 7.38. The van der Waals surface area contributed by atoms with Crippen LogP contribution in [0.3, 0.4) is 0 Å². The van der Waals surface area contributed by atoms with E-state index in [2.05, 4.69) is 47.6 Å². The molecule has 196 valence electrons. The van der Waals surface area contributed by atoms with Crippen molar-refractivity contribution in [3.05, 3.63) is 59.4 Å². The molecule has 3 aromatic rings. The predicted octanol–water partition coefficient (Wildman–Crippen LogP) is 9.49. The van der Waals surface area contributed by atoms with E-state index in [0.29, 0.717) is 0 Å². The van der Waals surface area contributed by atoms with Gasteiger partial charge in [-0.05, 0) is 37.8 Å². The summed E-state index contributed by atoms with van der Waals surface area (Å²) in [5, 5.41) is 0. The Morgan fingerprint density at radius 3 is 0.941 bits per heavy atom. The van der Waals surface area contributed by atoms with Gasteiger partial charge >= 0.3 is 0 Å². The predicted molar refractivity (Wildman–Crippen MR) is 156 cm³/mol. The van der Waals surface area contributed by atoms with Crippen LogP contribution >= 0.6 is 0 Å². The Kier molecular flexibility index (Phi) is 35.0. The molecule has 0 N–H and O–H groups in total. The highest BCUT2D eigenvalue weighted by Crippen LogP contribution is 2.13. The van der Waals surface area contributed by atoms with Gasteiger partial charge in [0.15, 0.2) is 0 Å². The van der Waals surface area contributed by atoms with Crippen molar-refractivity contribution >= 4 is 11.0 Å². The second kappa shape index (κ2) is 30.6. The van der Waals surface area contributed by atoms with E-state index in [1.54, 1.807) is 12.4 Å². The molecule has 0 bridgehead atoms. The van der Waals surface area contributed by atoms with Gasteiger partial charge in [-0.25, -0.2) is 9.97 Å². The Morgan fingerprint density at radius 1 is 0.441 bits per heavy atom. The number of para-hydroxylation sites is 2. The summed E-state index contributed by atoms with van der Waals surface area (Å²) in [6, 6.07) is 8.03. The Balaban J connectivity index is -0.000000198. The van der Waals surface area contributed by atoms with Crippen molar-refractivity contribution in [1.29, 1.82) is 0 Å². The van der Waals surface area contributed by atoms with Crippen LogP contribution in [-0.2, 0) is 25.7 Å². The first kappa shape index (κ1) is 38.9. The number of aryl methyl sites for hydroxylation is 4. The standard InChI is InChI=1S/C12H14N2.C8H12N2.5C2H6/c1-3-9-10(4-2)14-12-8-6-5-7-11(12)13-9;1-3-7-8(4-2)10-6-5-9-7;5*1-2/h5-8H,3-4H2,1-2H3;5-6H,3-4H2,1-2H3;5*1-2H3. The number of benzene rings is 1. The van der Waals surface area contributed by atoms with Crippen LogP contribution in [0.1, 0.15) is 120 Å². The number of hydrogen-bond acceptors (Lipinski definition) is 4. The van der Waals surface area contributed by atoms with Gasteiger partial charge in [-0.1, -0.05) is 109 Å². The molecule has 0 aliphatic carbocycles. The van der Waals surface area contributed by atoms with Gasteiger partial charge in [-0.2, -0.15) is 0 Å². The SMILES string of the molecule is CC.CC.CC.CC.CC.CCc1nc2ccccc2nc1CC.CCc1nccnc1CC. The van der Waals surface area contributed by atoms with Crippen LogP contribution in [0.25, 0.3) is 11.0 Å². The van der Waals surface area contributed by atoms with Crippen LogP contribution in [0.2, 0.25) is 0 Å². The molecular formula is C30H56N4. The lowest BCUT2D eigenvalue weighted by atomic mass is 10.2. The fourth-order valence-corrected chi connectivity index (χ4v) is 2.63. The van der Waals surface area contributed by atoms with Crippen LogP contribution in [-0.4, -0.2) is 19.9 Å². The summed E-state index contributed by atoms with van der Waals surface area (Å²) >= 11 is 0. The van der Waals surface area contributed by atoms with E-state index in [0.717, 1.165) is 59.5 Å². The van der Waals surface area contributed by atoms with E-state index in [9.17, 15) is 0 Å². The minimum absolute atomic E-state index is 0.959. The average Bonchev–Trinajstić information content (AvgIpc) is 2.97. The molecular weight excluding hydrogens is 416 g/mol. The van der Waals surface area contributed by atoms with Crippen LogP contribution in [0.5, 0.6) is 0 Å². The highest BCUT2D eigenvalue weighted by Gasteiger charge is 2.04. The molecule has 0 unspecified atom stereocenters. The number of fused-ring (bicyclic) bond motifs is 1. The molecule has 0 saturated carbocycles. The third kappa shape index (κ3) is 15.5. The lowest BCUT2D eigenvalue weighted by Crippen LogP contribution is -1.99. The molecule has 0 atom stereocenters. The highest BCUT2D eigenvalue weighted by atomic mass is 14.8. The normalized spacial score (nSPS) is 8.18. The maximum Gasteiger partial charge on any atom is 0.0890 e. The summed E-state index contributed by atoms with van der Waals surface area (Å²) in [5.41, 5.74) is 6.52. The molecule has 34 heavy (non-hydrogen) atoms. The quantitative estimate of drug-likeness (QED) is 0.379. The molecule has 0 aliphatic heterocycles. The van der Waals surface area contributed by atoms with Gasteiger partial charge in [-0.15, -0.1) is 0 Å². The number of hydrogen-bond donors (Lipinski definition) is 0. The molecule has 3 rings (SSSR count). The van der Waals surface area contributed by atoms with Crippen LogP contribution in [0.15, 0.2) is 36.7 Å². The smallest absolute Gasteiger partial charge is 0.0890 e. The molecule has 0 aliphatic rings. The third-order valence-corrected chi connectivity index (χ3v) is 3.93. The number of rotatable bonds is 4. The molecule has 2 aromatic heterocycles. The summed E-state index contributed by atoms with van der Waals surface area (Å²) in [7, 11) is 0. The molecule has 0 spiro atoms. The zero-order chi connectivity index (χ0) is 27.4. The Hall–Kier alpha value is -2.36. The van der Waals surface area contributed by atoms with E-state index in [-0.39, 0.29) is 0 Å². The molecule has 2 heterocycles. The van der Waals surface area contributed by atoms with Crippen molar-refractivity contribution in [2.24, 2.45) is 0 Å². The summed E-state index contributed by atoms with van der Waals surface area (Å²) in [5.74, 6) is 0. The first-order valence-corrected chi connectivity index (χ1v) is 13.8. The Bertz CT molecular complexity index is 720. The highest BCUT2D eigenvalue weighted by molar-refractivity contribution is 5.74. The minimum Gasteiger partial charge on any atom is -0.258 e. The molecule has 0 saturated heterocycles. The average molecular weight is 473 g/mol. The molecule has 0 radical (unpaired) electrons. The molecule has 4 heteroatoms. The zero-order valence-electron chi connectivity index (χ0n) is 25.1. The lowest BCUT2D eigenvalue weighted by Gasteiger charge is -2.05. The first-order chi connectivity index (χ1) is 16.7. The van der Waals surface area contributed by atoms with Gasteiger partial charge in [-0.3, -0.25) is 9.97 Å². The molecule has 0 fully saturated rings. The second-order valence-electron chi connectivity index (χ2n) is 5.47. The maximum absolute atomic E-state index is 4.60. The molecule has 1 aromatic carbocycles. The van der Waals surface area contributed by atoms with Crippen LogP contribution < -0.4 is 0 Å².